The number of ether oxygens (including phenoxy) is 6. The molecule has 5 rings (SSSR count). The number of morpholine rings is 1. The topological polar surface area (TPSA) is 58.6 Å². The molecule has 0 aromatic heterocycles. The van der Waals surface area contributed by atoms with Crippen molar-refractivity contribution in [2.24, 2.45) is 5.92 Å². The minimum absolute atomic E-state index is 0.0557. The van der Waals surface area contributed by atoms with E-state index < -0.39 is 0 Å². The first kappa shape index (κ1) is 19.3. The Labute approximate surface area is 176 Å². The van der Waals surface area contributed by atoms with Crippen molar-refractivity contribution < 1.29 is 28.4 Å². The summed E-state index contributed by atoms with van der Waals surface area (Å²) in [6, 6.07) is 10.2. The van der Waals surface area contributed by atoms with Crippen LogP contribution in [0.2, 0.25) is 0 Å². The molecule has 0 radical (unpaired) electrons. The highest BCUT2D eigenvalue weighted by atomic mass is 16.7. The van der Waals surface area contributed by atoms with E-state index in [1.54, 1.807) is 14.2 Å². The predicted octanol–water partition coefficient (Wildman–Crippen LogP) is 3.25. The molecule has 3 aliphatic heterocycles. The molecule has 160 valence electrons. The lowest BCUT2D eigenvalue weighted by Crippen LogP contribution is -2.52. The van der Waals surface area contributed by atoms with Crippen LogP contribution in [0.25, 0.3) is 0 Å². The maximum atomic E-state index is 6.54. The van der Waals surface area contributed by atoms with Gasteiger partial charge in [0.1, 0.15) is 5.75 Å². The molecule has 0 aliphatic carbocycles. The van der Waals surface area contributed by atoms with Crippen LogP contribution in [0, 0.1) is 5.92 Å². The molecular weight excluding hydrogens is 386 g/mol. The van der Waals surface area contributed by atoms with Gasteiger partial charge in [0.25, 0.3) is 0 Å². The van der Waals surface area contributed by atoms with Crippen molar-refractivity contribution in [3.63, 3.8) is 0 Å². The predicted molar refractivity (Wildman–Crippen MR) is 110 cm³/mol. The molecular formula is C23H27NO6. The molecule has 0 saturated carbocycles. The summed E-state index contributed by atoms with van der Waals surface area (Å²) < 4.78 is 34.4. The van der Waals surface area contributed by atoms with Crippen LogP contribution in [-0.2, 0) is 4.74 Å². The third-order valence-corrected chi connectivity index (χ3v) is 6.24. The molecule has 1 saturated heterocycles. The van der Waals surface area contributed by atoms with E-state index in [-0.39, 0.29) is 24.9 Å². The van der Waals surface area contributed by atoms with Crippen LogP contribution in [0.4, 0.5) is 0 Å². The van der Waals surface area contributed by atoms with E-state index in [2.05, 4.69) is 30.0 Å². The van der Waals surface area contributed by atoms with Gasteiger partial charge in [-0.25, -0.2) is 0 Å². The summed E-state index contributed by atoms with van der Waals surface area (Å²) in [5.74, 6) is 4.09. The quantitative estimate of drug-likeness (QED) is 0.763. The van der Waals surface area contributed by atoms with Gasteiger partial charge in [0.15, 0.2) is 29.2 Å². The summed E-state index contributed by atoms with van der Waals surface area (Å²) in [6.07, 6.45) is -0.0557. The zero-order valence-corrected chi connectivity index (χ0v) is 17.6. The maximum Gasteiger partial charge on any atom is 0.231 e. The molecule has 3 aliphatic rings. The first-order valence-electron chi connectivity index (χ1n) is 10.3. The Hall–Kier alpha value is -2.64. The average molecular weight is 413 g/mol. The Bertz CT molecular complexity index is 926. The van der Waals surface area contributed by atoms with Crippen molar-refractivity contribution in [1.29, 1.82) is 0 Å². The zero-order valence-electron chi connectivity index (χ0n) is 17.6. The standard InChI is InChI=1S/C23H27NO6/c1-14-22(15-4-5-17(25-2)19(10-15)26-3)16-11-20-21(29-13-28-20)12-18(16)30-23(14)24-6-8-27-9-7-24/h4-5,10-12,14,22-23H,6-9,13H2,1-3H3. The van der Waals surface area contributed by atoms with Crippen molar-refractivity contribution >= 4 is 0 Å². The second kappa shape index (κ2) is 7.89. The van der Waals surface area contributed by atoms with Gasteiger partial charge in [0.05, 0.1) is 27.4 Å². The second-order valence-corrected chi connectivity index (χ2v) is 7.85. The van der Waals surface area contributed by atoms with Crippen molar-refractivity contribution in [2.75, 3.05) is 47.3 Å². The number of rotatable bonds is 4. The second-order valence-electron chi connectivity index (χ2n) is 7.85. The Morgan fingerprint density at radius 2 is 1.63 bits per heavy atom. The highest BCUT2D eigenvalue weighted by molar-refractivity contribution is 5.57. The first-order chi connectivity index (χ1) is 14.7. The molecule has 3 unspecified atom stereocenters. The Morgan fingerprint density at radius 1 is 0.900 bits per heavy atom. The number of benzene rings is 2. The number of nitrogens with zero attached hydrogens (tertiary/aromatic N) is 1. The number of hydrogen-bond donors (Lipinski definition) is 0. The zero-order chi connectivity index (χ0) is 20.7. The summed E-state index contributed by atoms with van der Waals surface area (Å²) in [5, 5.41) is 0. The van der Waals surface area contributed by atoms with Gasteiger partial charge in [-0.3, -0.25) is 4.90 Å². The summed E-state index contributed by atoms with van der Waals surface area (Å²) in [7, 11) is 3.32. The van der Waals surface area contributed by atoms with Gasteiger partial charge in [-0.15, -0.1) is 0 Å². The fourth-order valence-corrected chi connectivity index (χ4v) is 4.74. The van der Waals surface area contributed by atoms with Crippen LogP contribution in [-0.4, -0.2) is 58.4 Å². The van der Waals surface area contributed by atoms with E-state index in [4.69, 9.17) is 28.4 Å². The molecule has 0 N–H and O–H groups in total. The normalized spacial score (nSPS) is 25.4. The molecule has 0 bridgehead atoms. The van der Waals surface area contributed by atoms with Gasteiger partial charge in [0, 0.05) is 36.6 Å². The molecule has 0 spiro atoms. The first-order valence-corrected chi connectivity index (χ1v) is 10.3. The van der Waals surface area contributed by atoms with E-state index in [0.29, 0.717) is 0 Å². The maximum absolute atomic E-state index is 6.54. The molecule has 3 atom stereocenters. The molecule has 30 heavy (non-hydrogen) atoms. The van der Waals surface area contributed by atoms with Crippen molar-refractivity contribution in [3.05, 3.63) is 41.5 Å². The smallest absolute Gasteiger partial charge is 0.231 e. The van der Waals surface area contributed by atoms with E-state index in [9.17, 15) is 0 Å². The third kappa shape index (κ3) is 3.22. The Kier molecular flexibility index (Phi) is 5.08. The van der Waals surface area contributed by atoms with Gasteiger partial charge in [-0.05, 0) is 23.8 Å². The Morgan fingerprint density at radius 3 is 2.37 bits per heavy atom. The number of fused-ring (bicyclic) bond motifs is 2. The fraction of sp³-hybridized carbons (Fsp3) is 0.478. The van der Waals surface area contributed by atoms with Gasteiger partial charge in [-0.1, -0.05) is 13.0 Å². The van der Waals surface area contributed by atoms with Crippen LogP contribution >= 0.6 is 0 Å². The third-order valence-electron chi connectivity index (χ3n) is 6.24. The van der Waals surface area contributed by atoms with E-state index in [0.717, 1.165) is 66.2 Å². The van der Waals surface area contributed by atoms with Crippen molar-refractivity contribution in [1.82, 2.24) is 4.90 Å². The van der Waals surface area contributed by atoms with Gasteiger partial charge < -0.3 is 28.4 Å². The van der Waals surface area contributed by atoms with Crippen LogP contribution in [0.3, 0.4) is 0 Å². The highest BCUT2D eigenvalue weighted by Gasteiger charge is 2.41. The minimum Gasteiger partial charge on any atom is -0.493 e. The summed E-state index contributed by atoms with van der Waals surface area (Å²) in [4.78, 5) is 2.37. The lowest BCUT2D eigenvalue weighted by molar-refractivity contribution is -0.0784. The Balaban J connectivity index is 1.60. The molecule has 7 heteroatoms. The lowest BCUT2D eigenvalue weighted by Gasteiger charge is -2.44. The van der Waals surface area contributed by atoms with Gasteiger partial charge in [0.2, 0.25) is 6.79 Å². The molecule has 2 aromatic carbocycles. The molecule has 7 nitrogen and oxygen atoms in total. The van der Waals surface area contributed by atoms with E-state index in [1.807, 2.05) is 12.1 Å². The molecule has 1 fully saturated rings. The molecule has 0 amide bonds. The van der Waals surface area contributed by atoms with Crippen molar-refractivity contribution in [2.45, 2.75) is 19.1 Å². The average Bonchev–Trinajstić information content (AvgIpc) is 3.25. The van der Waals surface area contributed by atoms with E-state index >= 15 is 0 Å². The van der Waals surface area contributed by atoms with Crippen LogP contribution in [0.15, 0.2) is 30.3 Å². The van der Waals surface area contributed by atoms with Crippen molar-refractivity contribution in [3.8, 4) is 28.7 Å². The highest BCUT2D eigenvalue weighted by Crippen LogP contribution is 2.50. The minimum atomic E-state index is -0.0557. The summed E-state index contributed by atoms with van der Waals surface area (Å²) in [5.41, 5.74) is 2.25. The lowest BCUT2D eigenvalue weighted by atomic mass is 9.78. The van der Waals surface area contributed by atoms with E-state index in [1.165, 1.54) is 0 Å². The van der Waals surface area contributed by atoms with Gasteiger partial charge >= 0.3 is 0 Å². The summed E-state index contributed by atoms with van der Waals surface area (Å²) >= 11 is 0. The monoisotopic (exact) mass is 413 g/mol. The molecule has 2 aromatic rings. The van der Waals surface area contributed by atoms with Crippen LogP contribution < -0.4 is 23.7 Å². The largest absolute Gasteiger partial charge is 0.493 e. The number of hydrogen-bond acceptors (Lipinski definition) is 7. The van der Waals surface area contributed by atoms with Gasteiger partial charge in [-0.2, -0.15) is 0 Å². The fourth-order valence-electron chi connectivity index (χ4n) is 4.74. The molecule has 3 heterocycles. The number of methoxy groups -OCH3 is 2. The van der Waals surface area contributed by atoms with Crippen LogP contribution in [0.1, 0.15) is 24.0 Å². The summed E-state index contributed by atoms with van der Waals surface area (Å²) in [6.45, 7) is 5.64. The SMILES string of the molecule is COc1ccc(C2c3cc4c(cc3OC(N3CCOCC3)C2C)OCO4)cc1OC. The van der Waals surface area contributed by atoms with Crippen LogP contribution in [0.5, 0.6) is 28.7 Å².